The average molecular weight is 266 g/mol. The highest BCUT2D eigenvalue weighted by Crippen LogP contribution is 2.25. The third-order valence-electron chi connectivity index (χ3n) is 2.69. The predicted molar refractivity (Wildman–Crippen MR) is 76.6 cm³/mol. The van der Waals surface area contributed by atoms with E-state index in [0.29, 0.717) is 12.2 Å². The van der Waals surface area contributed by atoms with E-state index < -0.39 is 0 Å². The molecule has 0 aromatic heterocycles. The summed E-state index contributed by atoms with van der Waals surface area (Å²) in [6.07, 6.45) is 2.13. The van der Waals surface area contributed by atoms with Crippen molar-refractivity contribution in [2.45, 2.75) is 39.7 Å². The van der Waals surface area contributed by atoms with E-state index in [0.717, 1.165) is 25.0 Å². The van der Waals surface area contributed by atoms with Gasteiger partial charge in [-0.3, -0.25) is 10.1 Å². The Morgan fingerprint density at radius 1 is 1.37 bits per heavy atom. The molecule has 0 saturated carbocycles. The predicted octanol–water partition coefficient (Wildman–Crippen LogP) is 3.52. The van der Waals surface area contributed by atoms with Gasteiger partial charge in [0.15, 0.2) is 0 Å². The molecule has 19 heavy (non-hydrogen) atoms. The Morgan fingerprint density at radius 2 is 2.11 bits per heavy atom. The number of ether oxygens (including phenoxy) is 1. The second kappa shape index (κ2) is 7.74. The molecule has 0 unspecified atom stereocenters. The summed E-state index contributed by atoms with van der Waals surface area (Å²) in [5.74, 6) is 0. The molecule has 0 atom stereocenters. The molecule has 5 nitrogen and oxygen atoms in total. The standard InChI is InChI=1S/C14H22N2O3/c1-11(2)19-9-5-4-8-15-13-7-6-12(3)10-14(13)16(17)18/h6-7,10-11,15H,4-5,8-9H2,1-3H3. The molecule has 5 heteroatoms. The molecule has 0 bridgehead atoms. The number of nitro benzene ring substituents is 1. The molecular weight excluding hydrogens is 244 g/mol. The fraction of sp³-hybridized carbons (Fsp3) is 0.571. The van der Waals surface area contributed by atoms with Crippen molar-refractivity contribution in [2.75, 3.05) is 18.5 Å². The lowest BCUT2D eigenvalue weighted by Crippen LogP contribution is -2.08. The first-order chi connectivity index (χ1) is 9.00. The zero-order valence-electron chi connectivity index (χ0n) is 11.8. The van der Waals surface area contributed by atoms with Crippen LogP contribution in [0.15, 0.2) is 18.2 Å². The summed E-state index contributed by atoms with van der Waals surface area (Å²) in [5, 5.41) is 14.0. The maximum Gasteiger partial charge on any atom is 0.292 e. The molecule has 0 radical (unpaired) electrons. The maximum atomic E-state index is 10.9. The zero-order chi connectivity index (χ0) is 14.3. The van der Waals surface area contributed by atoms with Crippen LogP contribution in [0.3, 0.4) is 0 Å². The van der Waals surface area contributed by atoms with Crippen LogP contribution in [0.25, 0.3) is 0 Å². The number of unbranched alkanes of at least 4 members (excludes halogenated alkanes) is 1. The Kier molecular flexibility index (Phi) is 6.29. The van der Waals surface area contributed by atoms with Crippen molar-refractivity contribution in [2.24, 2.45) is 0 Å². The van der Waals surface area contributed by atoms with Crippen LogP contribution in [0.1, 0.15) is 32.3 Å². The fourth-order valence-corrected chi connectivity index (χ4v) is 1.71. The molecule has 1 aromatic rings. The lowest BCUT2D eigenvalue weighted by Gasteiger charge is -2.09. The SMILES string of the molecule is Cc1ccc(NCCCCOC(C)C)c([N+](=O)[O-])c1. The van der Waals surface area contributed by atoms with Crippen LogP contribution in [0.2, 0.25) is 0 Å². The number of rotatable bonds is 8. The van der Waals surface area contributed by atoms with Crippen molar-refractivity contribution in [3.8, 4) is 0 Å². The summed E-state index contributed by atoms with van der Waals surface area (Å²) >= 11 is 0. The van der Waals surface area contributed by atoms with Crippen molar-refractivity contribution in [3.63, 3.8) is 0 Å². The molecule has 0 aliphatic carbocycles. The summed E-state index contributed by atoms with van der Waals surface area (Å²) in [7, 11) is 0. The smallest absolute Gasteiger partial charge is 0.292 e. The first kappa shape index (κ1) is 15.4. The second-order valence-electron chi connectivity index (χ2n) is 4.83. The molecule has 0 spiro atoms. The van der Waals surface area contributed by atoms with E-state index in [1.165, 1.54) is 0 Å². The molecule has 1 aromatic carbocycles. The van der Waals surface area contributed by atoms with Gasteiger partial charge >= 0.3 is 0 Å². The Morgan fingerprint density at radius 3 is 2.74 bits per heavy atom. The van der Waals surface area contributed by atoms with Crippen LogP contribution in [0.5, 0.6) is 0 Å². The minimum Gasteiger partial charge on any atom is -0.379 e. The zero-order valence-corrected chi connectivity index (χ0v) is 11.8. The second-order valence-corrected chi connectivity index (χ2v) is 4.83. The lowest BCUT2D eigenvalue weighted by molar-refractivity contribution is -0.384. The maximum absolute atomic E-state index is 10.9. The van der Waals surface area contributed by atoms with Gasteiger partial charge in [-0.1, -0.05) is 6.07 Å². The molecule has 0 fully saturated rings. The van der Waals surface area contributed by atoms with Gasteiger partial charge in [0.05, 0.1) is 11.0 Å². The molecule has 0 aliphatic rings. The number of hydrogen-bond acceptors (Lipinski definition) is 4. The van der Waals surface area contributed by atoms with Gasteiger partial charge in [0, 0.05) is 19.2 Å². The van der Waals surface area contributed by atoms with E-state index in [-0.39, 0.29) is 16.7 Å². The van der Waals surface area contributed by atoms with Crippen LogP contribution in [0.4, 0.5) is 11.4 Å². The van der Waals surface area contributed by atoms with Crippen LogP contribution in [0, 0.1) is 17.0 Å². The Bertz CT molecular complexity index is 419. The van der Waals surface area contributed by atoms with Gasteiger partial charge in [0.2, 0.25) is 0 Å². The van der Waals surface area contributed by atoms with E-state index in [4.69, 9.17) is 4.74 Å². The number of hydrogen-bond donors (Lipinski definition) is 1. The van der Waals surface area contributed by atoms with Crippen LogP contribution >= 0.6 is 0 Å². The Balaban J connectivity index is 2.39. The van der Waals surface area contributed by atoms with Crippen molar-refractivity contribution in [1.82, 2.24) is 0 Å². The molecule has 1 rings (SSSR count). The Hall–Kier alpha value is -1.62. The van der Waals surface area contributed by atoms with Gasteiger partial charge in [-0.2, -0.15) is 0 Å². The summed E-state index contributed by atoms with van der Waals surface area (Å²) in [4.78, 5) is 10.6. The summed E-state index contributed by atoms with van der Waals surface area (Å²) in [5.41, 5.74) is 1.61. The lowest BCUT2D eigenvalue weighted by atomic mass is 10.2. The highest BCUT2D eigenvalue weighted by atomic mass is 16.6. The number of nitro groups is 1. The molecule has 0 amide bonds. The molecule has 0 aliphatic heterocycles. The van der Waals surface area contributed by atoms with Gasteiger partial charge in [-0.15, -0.1) is 0 Å². The number of anilines is 1. The normalized spacial score (nSPS) is 10.7. The quantitative estimate of drug-likeness (QED) is 0.444. The minimum absolute atomic E-state index is 0.137. The summed E-state index contributed by atoms with van der Waals surface area (Å²) in [6, 6.07) is 5.22. The van der Waals surface area contributed by atoms with Crippen LogP contribution in [-0.2, 0) is 4.74 Å². The fourth-order valence-electron chi connectivity index (χ4n) is 1.71. The first-order valence-electron chi connectivity index (χ1n) is 6.61. The highest BCUT2D eigenvalue weighted by molar-refractivity contribution is 5.62. The molecule has 106 valence electrons. The molecule has 0 heterocycles. The topological polar surface area (TPSA) is 64.4 Å². The number of aryl methyl sites for hydroxylation is 1. The summed E-state index contributed by atoms with van der Waals surface area (Å²) in [6.45, 7) is 7.31. The van der Waals surface area contributed by atoms with Gasteiger partial charge in [0.1, 0.15) is 5.69 Å². The van der Waals surface area contributed by atoms with Crippen molar-refractivity contribution in [1.29, 1.82) is 0 Å². The first-order valence-corrected chi connectivity index (χ1v) is 6.61. The number of nitrogens with zero attached hydrogens (tertiary/aromatic N) is 1. The summed E-state index contributed by atoms with van der Waals surface area (Å²) < 4.78 is 5.44. The van der Waals surface area contributed by atoms with Crippen molar-refractivity contribution < 1.29 is 9.66 Å². The Labute approximate surface area is 114 Å². The minimum atomic E-state index is -0.350. The van der Waals surface area contributed by atoms with E-state index in [1.807, 2.05) is 26.8 Å². The van der Waals surface area contributed by atoms with Crippen molar-refractivity contribution in [3.05, 3.63) is 33.9 Å². The largest absolute Gasteiger partial charge is 0.379 e. The van der Waals surface area contributed by atoms with E-state index in [9.17, 15) is 10.1 Å². The monoisotopic (exact) mass is 266 g/mol. The van der Waals surface area contributed by atoms with E-state index in [1.54, 1.807) is 12.1 Å². The van der Waals surface area contributed by atoms with Gasteiger partial charge in [0.25, 0.3) is 5.69 Å². The van der Waals surface area contributed by atoms with Gasteiger partial charge in [-0.05, 0) is 45.2 Å². The average Bonchev–Trinajstić information content (AvgIpc) is 2.34. The third-order valence-corrected chi connectivity index (χ3v) is 2.69. The molecule has 1 N–H and O–H groups in total. The van der Waals surface area contributed by atoms with E-state index >= 15 is 0 Å². The van der Waals surface area contributed by atoms with Crippen LogP contribution < -0.4 is 5.32 Å². The van der Waals surface area contributed by atoms with Gasteiger partial charge in [-0.25, -0.2) is 0 Å². The number of benzene rings is 1. The van der Waals surface area contributed by atoms with Crippen molar-refractivity contribution >= 4 is 11.4 Å². The van der Waals surface area contributed by atoms with E-state index in [2.05, 4.69) is 5.32 Å². The highest BCUT2D eigenvalue weighted by Gasteiger charge is 2.12. The van der Waals surface area contributed by atoms with Gasteiger partial charge < -0.3 is 10.1 Å². The van der Waals surface area contributed by atoms with Crippen LogP contribution in [-0.4, -0.2) is 24.2 Å². The third kappa shape index (κ3) is 5.70. The molecule has 0 saturated heterocycles. The number of nitrogens with one attached hydrogen (secondary N) is 1. The molecular formula is C14H22N2O3.